The van der Waals surface area contributed by atoms with Gasteiger partial charge < -0.3 is 15.4 Å². The van der Waals surface area contributed by atoms with Crippen LogP contribution in [0.5, 0.6) is 5.88 Å². The molecule has 0 spiro atoms. The number of nitrogens with zero attached hydrogens (tertiary/aromatic N) is 3. The summed E-state index contributed by atoms with van der Waals surface area (Å²) in [6.45, 7) is 5.47. The van der Waals surface area contributed by atoms with Gasteiger partial charge in [-0.25, -0.2) is 4.98 Å². The minimum atomic E-state index is 0.411. The SMILES string of the molecule is CN=C(NCCOc1ncccc1Cl)NC1CCN(Cc2ccccc2)C(C)C1. The van der Waals surface area contributed by atoms with Crippen LogP contribution in [-0.2, 0) is 6.54 Å². The van der Waals surface area contributed by atoms with E-state index >= 15 is 0 Å². The van der Waals surface area contributed by atoms with E-state index in [0.717, 1.165) is 31.9 Å². The normalized spacial score (nSPS) is 20.3. The summed E-state index contributed by atoms with van der Waals surface area (Å²) in [5.41, 5.74) is 1.37. The molecule has 6 nitrogen and oxygen atoms in total. The quantitative estimate of drug-likeness (QED) is 0.412. The zero-order valence-corrected chi connectivity index (χ0v) is 17.9. The predicted molar refractivity (Wildman–Crippen MR) is 119 cm³/mol. The van der Waals surface area contributed by atoms with E-state index in [1.54, 1.807) is 25.4 Å². The van der Waals surface area contributed by atoms with Crippen LogP contribution < -0.4 is 15.4 Å². The number of hydrogen-bond acceptors (Lipinski definition) is 4. The Kier molecular flexibility index (Phi) is 8.14. The molecule has 2 atom stereocenters. The number of aliphatic imine (C=N–C) groups is 1. The summed E-state index contributed by atoms with van der Waals surface area (Å²) >= 11 is 6.05. The fourth-order valence-corrected chi connectivity index (χ4v) is 3.76. The van der Waals surface area contributed by atoms with Crippen LogP contribution in [-0.4, -0.2) is 54.7 Å². The maximum atomic E-state index is 6.05. The lowest BCUT2D eigenvalue weighted by molar-refractivity contribution is 0.134. The predicted octanol–water partition coefficient (Wildman–Crippen LogP) is 3.33. The fraction of sp³-hybridized carbons (Fsp3) is 0.455. The Morgan fingerprint density at radius 1 is 1.28 bits per heavy atom. The van der Waals surface area contributed by atoms with Gasteiger partial charge in [0.05, 0.1) is 6.54 Å². The van der Waals surface area contributed by atoms with Crippen LogP contribution in [0.4, 0.5) is 0 Å². The van der Waals surface area contributed by atoms with Crippen molar-refractivity contribution in [2.24, 2.45) is 4.99 Å². The Morgan fingerprint density at radius 3 is 2.83 bits per heavy atom. The molecule has 2 aromatic rings. The molecule has 0 amide bonds. The number of benzene rings is 1. The summed E-state index contributed by atoms with van der Waals surface area (Å²) in [5, 5.41) is 7.37. The van der Waals surface area contributed by atoms with Gasteiger partial charge in [-0.2, -0.15) is 0 Å². The highest BCUT2D eigenvalue weighted by molar-refractivity contribution is 6.31. The number of halogens is 1. The highest BCUT2D eigenvalue weighted by Crippen LogP contribution is 2.20. The number of pyridine rings is 1. The zero-order chi connectivity index (χ0) is 20.5. The molecule has 1 fully saturated rings. The van der Waals surface area contributed by atoms with E-state index in [2.05, 4.69) is 62.8 Å². The van der Waals surface area contributed by atoms with Crippen molar-refractivity contribution in [3.05, 3.63) is 59.2 Å². The second-order valence-corrected chi connectivity index (χ2v) is 7.72. The van der Waals surface area contributed by atoms with E-state index in [1.165, 1.54) is 5.56 Å². The van der Waals surface area contributed by atoms with E-state index in [1.807, 2.05) is 0 Å². The molecule has 1 aromatic carbocycles. The van der Waals surface area contributed by atoms with E-state index < -0.39 is 0 Å². The first-order chi connectivity index (χ1) is 14.2. The Bertz CT molecular complexity index is 786. The lowest BCUT2D eigenvalue weighted by Crippen LogP contribution is -2.51. The number of nitrogens with one attached hydrogen (secondary N) is 2. The molecule has 3 rings (SSSR count). The van der Waals surface area contributed by atoms with Crippen LogP contribution in [0.15, 0.2) is 53.7 Å². The molecule has 2 unspecified atom stereocenters. The zero-order valence-electron chi connectivity index (χ0n) is 17.1. The largest absolute Gasteiger partial charge is 0.475 e. The highest BCUT2D eigenvalue weighted by atomic mass is 35.5. The molecule has 29 heavy (non-hydrogen) atoms. The first kappa shape index (κ1) is 21.4. The summed E-state index contributed by atoms with van der Waals surface area (Å²) < 4.78 is 5.61. The standard InChI is InChI=1S/C22H30ClN5O/c1-17-15-19(10-13-28(17)16-18-7-4-3-5-8-18)27-22(24-2)26-12-14-29-21-20(23)9-6-11-25-21/h3-9,11,17,19H,10,12-16H2,1-2H3,(H2,24,26,27). The van der Waals surface area contributed by atoms with Crippen molar-refractivity contribution in [1.29, 1.82) is 0 Å². The number of piperidine rings is 1. The van der Waals surface area contributed by atoms with Gasteiger partial charge in [0.15, 0.2) is 5.96 Å². The molecule has 1 aliphatic heterocycles. The van der Waals surface area contributed by atoms with E-state index in [9.17, 15) is 0 Å². The van der Waals surface area contributed by atoms with E-state index in [4.69, 9.17) is 16.3 Å². The van der Waals surface area contributed by atoms with Crippen molar-refractivity contribution in [2.45, 2.75) is 38.4 Å². The van der Waals surface area contributed by atoms with Crippen molar-refractivity contribution >= 4 is 17.6 Å². The van der Waals surface area contributed by atoms with Gasteiger partial charge in [0.25, 0.3) is 0 Å². The van der Waals surface area contributed by atoms with Crippen LogP contribution in [0.3, 0.4) is 0 Å². The average molecular weight is 416 g/mol. The number of ether oxygens (including phenoxy) is 1. The van der Waals surface area contributed by atoms with Gasteiger partial charge in [0, 0.05) is 38.4 Å². The van der Waals surface area contributed by atoms with Gasteiger partial charge in [0.2, 0.25) is 5.88 Å². The molecule has 0 radical (unpaired) electrons. The molecule has 2 heterocycles. The molecule has 0 saturated carbocycles. The van der Waals surface area contributed by atoms with Crippen molar-refractivity contribution < 1.29 is 4.74 Å². The molecular weight excluding hydrogens is 386 g/mol. The van der Waals surface area contributed by atoms with Crippen molar-refractivity contribution in [2.75, 3.05) is 26.7 Å². The fourth-order valence-electron chi connectivity index (χ4n) is 3.59. The molecule has 1 saturated heterocycles. The average Bonchev–Trinajstić information content (AvgIpc) is 2.74. The summed E-state index contributed by atoms with van der Waals surface area (Å²) in [7, 11) is 1.79. The Morgan fingerprint density at radius 2 is 2.10 bits per heavy atom. The second kappa shape index (κ2) is 11.0. The number of rotatable bonds is 7. The number of guanidine groups is 1. The van der Waals surface area contributed by atoms with E-state index in [0.29, 0.717) is 36.1 Å². The van der Waals surface area contributed by atoms with Crippen molar-refractivity contribution in [3.63, 3.8) is 0 Å². The maximum Gasteiger partial charge on any atom is 0.232 e. The van der Waals surface area contributed by atoms with E-state index in [-0.39, 0.29) is 0 Å². The van der Waals surface area contributed by atoms with Crippen molar-refractivity contribution in [1.82, 2.24) is 20.5 Å². The van der Waals surface area contributed by atoms with Crippen LogP contribution in [0.1, 0.15) is 25.3 Å². The molecule has 1 aromatic heterocycles. The minimum Gasteiger partial charge on any atom is -0.475 e. The minimum absolute atomic E-state index is 0.411. The van der Waals surface area contributed by atoms with Gasteiger partial charge in [-0.05, 0) is 37.5 Å². The molecule has 156 valence electrons. The van der Waals surface area contributed by atoms with Crippen molar-refractivity contribution in [3.8, 4) is 5.88 Å². The number of aromatic nitrogens is 1. The summed E-state index contributed by atoms with van der Waals surface area (Å²) in [5.74, 6) is 1.26. The van der Waals surface area contributed by atoms with Gasteiger partial charge in [-0.3, -0.25) is 9.89 Å². The third kappa shape index (κ3) is 6.61. The summed E-state index contributed by atoms with van der Waals surface area (Å²) in [6, 6.07) is 15.2. The topological polar surface area (TPSA) is 61.8 Å². The molecule has 2 N–H and O–H groups in total. The van der Waals surface area contributed by atoms with Gasteiger partial charge in [-0.15, -0.1) is 0 Å². The van der Waals surface area contributed by atoms with Crippen LogP contribution in [0.25, 0.3) is 0 Å². The molecule has 7 heteroatoms. The van der Waals surface area contributed by atoms with Crippen LogP contribution >= 0.6 is 11.6 Å². The van der Waals surface area contributed by atoms with Gasteiger partial charge in [0.1, 0.15) is 11.6 Å². The third-order valence-electron chi connectivity index (χ3n) is 5.16. The number of likely N-dealkylation sites (tertiary alicyclic amines) is 1. The first-order valence-corrected chi connectivity index (χ1v) is 10.5. The molecular formula is C22H30ClN5O. The summed E-state index contributed by atoms with van der Waals surface area (Å²) in [4.78, 5) is 11.0. The molecule has 1 aliphatic rings. The van der Waals surface area contributed by atoms with Crippen LogP contribution in [0.2, 0.25) is 5.02 Å². The molecule has 0 aliphatic carbocycles. The number of hydrogen-bond donors (Lipinski definition) is 2. The summed E-state index contributed by atoms with van der Waals surface area (Å²) in [6.07, 6.45) is 3.85. The smallest absolute Gasteiger partial charge is 0.232 e. The Hall–Kier alpha value is -2.31. The lowest BCUT2D eigenvalue weighted by atomic mass is 9.97. The van der Waals surface area contributed by atoms with Crippen LogP contribution in [0, 0.1) is 0 Å². The lowest BCUT2D eigenvalue weighted by Gasteiger charge is -2.38. The second-order valence-electron chi connectivity index (χ2n) is 7.31. The van der Waals surface area contributed by atoms with Gasteiger partial charge in [-0.1, -0.05) is 41.9 Å². The maximum absolute atomic E-state index is 6.05. The Labute approximate surface area is 178 Å². The van der Waals surface area contributed by atoms with Gasteiger partial charge >= 0.3 is 0 Å². The highest BCUT2D eigenvalue weighted by Gasteiger charge is 2.25. The first-order valence-electron chi connectivity index (χ1n) is 10.1. The Balaban J connectivity index is 1.39. The molecule has 0 bridgehead atoms. The third-order valence-corrected chi connectivity index (χ3v) is 5.45. The monoisotopic (exact) mass is 415 g/mol.